The van der Waals surface area contributed by atoms with Crippen LogP contribution in [0.4, 0.5) is 18.0 Å². The van der Waals surface area contributed by atoms with Gasteiger partial charge < -0.3 is 4.74 Å². The number of hydrogen-bond acceptors (Lipinski definition) is 4. The lowest BCUT2D eigenvalue weighted by molar-refractivity contribution is -0.274. The van der Waals surface area contributed by atoms with E-state index in [2.05, 4.69) is 43.8 Å². The molecule has 4 rings (SSSR count). The molecule has 0 spiro atoms. The fourth-order valence-electron chi connectivity index (χ4n) is 4.84. The Kier molecular flexibility index (Phi) is 6.32. The highest BCUT2D eigenvalue weighted by molar-refractivity contribution is 8.18. The van der Waals surface area contributed by atoms with Crippen molar-refractivity contribution in [1.29, 1.82) is 0 Å². The molecule has 0 aromatic heterocycles. The second-order valence-electron chi connectivity index (χ2n) is 10.3. The molecule has 0 atom stereocenters. The number of halogens is 3. The molecule has 8 heteroatoms. The number of benzene rings is 2. The maximum atomic E-state index is 13.3. The molecular formula is C27H28F3NO3S. The third-order valence-electron chi connectivity index (χ3n) is 6.92. The van der Waals surface area contributed by atoms with Crippen LogP contribution in [0.2, 0.25) is 0 Å². The molecule has 2 aromatic carbocycles. The van der Waals surface area contributed by atoms with Gasteiger partial charge >= 0.3 is 6.36 Å². The molecule has 1 fully saturated rings. The van der Waals surface area contributed by atoms with Gasteiger partial charge in [0.25, 0.3) is 11.1 Å². The number of rotatable bonds is 4. The van der Waals surface area contributed by atoms with Crippen molar-refractivity contribution in [1.82, 2.24) is 5.32 Å². The fraction of sp³-hybridized carbons (Fsp3) is 0.407. The Morgan fingerprint density at radius 2 is 1.63 bits per heavy atom. The van der Waals surface area contributed by atoms with E-state index in [1.807, 2.05) is 13.0 Å². The van der Waals surface area contributed by atoms with Crippen LogP contribution < -0.4 is 10.1 Å². The summed E-state index contributed by atoms with van der Waals surface area (Å²) < 4.78 is 44.4. The third kappa shape index (κ3) is 5.13. The molecule has 0 saturated carbocycles. The summed E-state index contributed by atoms with van der Waals surface area (Å²) in [5.74, 6) is -0.828. The van der Waals surface area contributed by atoms with Crippen LogP contribution in [0.15, 0.2) is 35.2 Å². The smallest absolute Gasteiger partial charge is 0.405 e. The van der Waals surface area contributed by atoms with E-state index in [9.17, 15) is 22.8 Å². The number of aryl methyl sites for hydroxylation is 1. The number of fused-ring (bicyclic) bond motifs is 1. The highest BCUT2D eigenvalue weighted by atomic mass is 32.2. The summed E-state index contributed by atoms with van der Waals surface area (Å²) in [5, 5.41) is 1.71. The Morgan fingerprint density at radius 3 is 2.17 bits per heavy atom. The van der Waals surface area contributed by atoms with Gasteiger partial charge in [-0.05, 0) is 93.9 Å². The summed E-state index contributed by atoms with van der Waals surface area (Å²) in [7, 11) is 0. The average molecular weight is 504 g/mol. The molecule has 0 bridgehead atoms. The van der Waals surface area contributed by atoms with Gasteiger partial charge in [-0.2, -0.15) is 0 Å². The third-order valence-corrected chi connectivity index (χ3v) is 7.73. The number of alkyl halides is 3. The fourth-order valence-corrected chi connectivity index (χ4v) is 5.52. The highest BCUT2D eigenvalue weighted by Gasteiger charge is 2.38. The molecule has 1 heterocycles. The van der Waals surface area contributed by atoms with Gasteiger partial charge in [0.15, 0.2) is 0 Å². The second-order valence-corrected chi connectivity index (χ2v) is 11.3. The summed E-state index contributed by atoms with van der Waals surface area (Å²) in [6.45, 7) is 10.7. The number of hydrogen-bond donors (Lipinski definition) is 1. The number of nitrogens with one attached hydrogen (secondary N) is 1. The van der Waals surface area contributed by atoms with Crippen molar-refractivity contribution in [2.75, 3.05) is 0 Å². The lowest BCUT2D eigenvalue weighted by Gasteiger charge is -2.42. The van der Waals surface area contributed by atoms with E-state index in [-0.39, 0.29) is 21.5 Å². The van der Waals surface area contributed by atoms with Gasteiger partial charge in [0, 0.05) is 5.56 Å². The topological polar surface area (TPSA) is 55.4 Å². The van der Waals surface area contributed by atoms with Crippen LogP contribution >= 0.6 is 11.8 Å². The minimum absolute atomic E-state index is 0.0372. The van der Waals surface area contributed by atoms with Gasteiger partial charge in [0.05, 0.1) is 4.91 Å². The number of imide groups is 1. The van der Waals surface area contributed by atoms with Gasteiger partial charge in [-0.25, -0.2) is 0 Å². The molecule has 2 aromatic rings. The van der Waals surface area contributed by atoms with Crippen molar-refractivity contribution in [3.63, 3.8) is 0 Å². The SMILES string of the molecule is CCc1cc2c(cc1-c1cc(C=C3SC(=O)NC3=O)ccc1OC(F)(F)F)C(C)(C)CCC2(C)C. The molecule has 2 aliphatic rings. The van der Waals surface area contributed by atoms with Crippen LogP contribution in [-0.2, 0) is 22.0 Å². The Hall–Kier alpha value is -2.74. The predicted octanol–water partition coefficient (Wildman–Crippen LogP) is 7.49. The maximum absolute atomic E-state index is 13.3. The molecule has 0 unspecified atom stereocenters. The zero-order valence-electron chi connectivity index (χ0n) is 20.4. The van der Waals surface area contributed by atoms with Gasteiger partial charge in [-0.3, -0.25) is 14.9 Å². The van der Waals surface area contributed by atoms with E-state index in [0.717, 1.165) is 35.7 Å². The van der Waals surface area contributed by atoms with Crippen LogP contribution in [0.25, 0.3) is 17.2 Å². The number of carbonyl (C=O) groups excluding carboxylic acids is 2. The summed E-state index contributed by atoms with van der Waals surface area (Å²) in [6.07, 6.45) is -0.731. The standard InChI is InChI=1S/C27H28F3NO3S/c1-6-16-13-19-20(26(4,5)10-9-25(19,2)3)14-17(16)18-11-15(7-8-21(18)34-27(28,29)30)12-22-23(32)31-24(33)35-22/h7-8,11-14H,6,9-10H2,1-5H3,(H,31,32,33). The van der Waals surface area contributed by atoms with E-state index in [0.29, 0.717) is 23.1 Å². The van der Waals surface area contributed by atoms with Crippen LogP contribution in [0, 0.1) is 0 Å². The zero-order valence-corrected chi connectivity index (χ0v) is 21.2. The molecule has 186 valence electrons. The van der Waals surface area contributed by atoms with Crippen molar-refractivity contribution in [2.45, 2.75) is 71.1 Å². The van der Waals surface area contributed by atoms with Gasteiger partial charge in [0.2, 0.25) is 0 Å². The van der Waals surface area contributed by atoms with Crippen LogP contribution in [-0.4, -0.2) is 17.5 Å². The quantitative estimate of drug-likeness (QED) is 0.439. The Bertz CT molecular complexity index is 1240. The Balaban J connectivity index is 1.94. The number of carbonyl (C=O) groups is 2. The molecule has 1 saturated heterocycles. The zero-order chi connectivity index (χ0) is 25.8. The van der Waals surface area contributed by atoms with Crippen LogP contribution in [0.5, 0.6) is 5.75 Å². The minimum Gasteiger partial charge on any atom is -0.405 e. The largest absolute Gasteiger partial charge is 0.573 e. The molecule has 1 aliphatic carbocycles. The molecule has 1 aliphatic heterocycles. The average Bonchev–Trinajstić information content (AvgIpc) is 3.07. The molecule has 1 N–H and O–H groups in total. The monoisotopic (exact) mass is 503 g/mol. The molecule has 35 heavy (non-hydrogen) atoms. The van der Waals surface area contributed by atoms with Crippen molar-refractivity contribution < 1.29 is 27.5 Å². The first-order valence-electron chi connectivity index (χ1n) is 11.5. The lowest BCUT2D eigenvalue weighted by Crippen LogP contribution is -2.34. The lowest BCUT2D eigenvalue weighted by atomic mass is 9.62. The van der Waals surface area contributed by atoms with Crippen molar-refractivity contribution in [3.05, 3.63) is 57.5 Å². The van der Waals surface area contributed by atoms with E-state index in [1.54, 1.807) is 6.07 Å². The van der Waals surface area contributed by atoms with E-state index in [1.165, 1.54) is 23.8 Å². The second kappa shape index (κ2) is 8.73. The van der Waals surface area contributed by atoms with Crippen molar-refractivity contribution in [3.8, 4) is 16.9 Å². The maximum Gasteiger partial charge on any atom is 0.573 e. The first-order valence-corrected chi connectivity index (χ1v) is 12.3. The predicted molar refractivity (Wildman–Crippen MR) is 132 cm³/mol. The molecule has 4 nitrogen and oxygen atoms in total. The number of ether oxygens (including phenoxy) is 1. The van der Waals surface area contributed by atoms with Gasteiger partial charge in [-0.1, -0.05) is 46.8 Å². The van der Waals surface area contributed by atoms with Crippen molar-refractivity contribution >= 4 is 29.0 Å². The summed E-state index contributed by atoms with van der Waals surface area (Å²) >= 11 is 0.760. The molecule has 0 radical (unpaired) electrons. The number of thioether (sulfide) groups is 1. The summed E-state index contributed by atoms with van der Waals surface area (Å²) in [6, 6.07) is 8.46. The highest BCUT2D eigenvalue weighted by Crippen LogP contribution is 2.49. The number of amides is 2. The van der Waals surface area contributed by atoms with Gasteiger partial charge in [0.1, 0.15) is 5.75 Å². The first-order chi connectivity index (χ1) is 16.2. The molecular weight excluding hydrogens is 475 g/mol. The van der Waals surface area contributed by atoms with Crippen molar-refractivity contribution in [2.24, 2.45) is 0 Å². The van der Waals surface area contributed by atoms with E-state index in [4.69, 9.17) is 0 Å². The van der Waals surface area contributed by atoms with Crippen LogP contribution in [0.3, 0.4) is 0 Å². The Labute approximate surface area is 207 Å². The van der Waals surface area contributed by atoms with E-state index < -0.39 is 17.5 Å². The van der Waals surface area contributed by atoms with E-state index >= 15 is 0 Å². The minimum atomic E-state index is -4.86. The summed E-state index contributed by atoms with van der Waals surface area (Å²) in [5.41, 5.74) is 4.58. The van der Waals surface area contributed by atoms with Crippen LogP contribution in [0.1, 0.15) is 69.7 Å². The molecule has 2 amide bonds. The van der Waals surface area contributed by atoms with Gasteiger partial charge in [-0.15, -0.1) is 13.2 Å². The Morgan fingerprint density at radius 1 is 1.00 bits per heavy atom. The summed E-state index contributed by atoms with van der Waals surface area (Å²) in [4.78, 5) is 23.7. The normalized spacial score (nSPS) is 20.1. The first kappa shape index (κ1) is 25.4.